The van der Waals surface area contributed by atoms with Crippen LogP contribution in [0.15, 0.2) is 35.9 Å². The molecule has 144 valence electrons. The van der Waals surface area contributed by atoms with Gasteiger partial charge in [0.1, 0.15) is 17.2 Å². The summed E-state index contributed by atoms with van der Waals surface area (Å²) in [4.78, 5) is 32.4. The lowest BCUT2D eigenvalue weighted by Gasteiger charge is -2.39. The van der Waals surface area contributed by atoms with E-state index in [0.717, 1.165) is 30.0 Å². The van der Waals surface area contributed by atoms with Crippen LogP contribution in [0.25, 0.3) is 10.7 Å². The first-order valence-electron chi connectivity index (χ1n) is 9.02. The number of nitrogens with zero attached hydrogens (tertiary/aromatic N) is 5. The molecule has 6 heterocycles. The van der Waals surface area contributed by atoms with Crippen LogP contribution >= 0.6 is 11.3 Å². The Hall–Kier alpha value is -2.85. The van der Waals surface area contributed by atoms with Crippen molar-refractivity contribution in [2.45, 2.75) is 24.8 Å². The number of rotatable bonds is 2. The smallest absolute Gasteiger partial charge is 0.339 e. The molecule has 0 N–H and O–H groups in total. The molecule has 4 aliphatic rings. The number of carbonyl (C=O) groups is 2. The Morgan fingerprint density at radius 3 is 2.43 bits per heavy atom. The van der Waals surface area contributed by atoms with Crippen LogP contribution in [0.2, 0.25) is 0 Å². The molecule has 10 heteroatoms. The molecule has 2 aromatic rings. The number of ether oxygens (including phenoxy) is 2. The van der Waals surface area contributed by atoms with Gasteiger partial charge in [0, 0.05) is 42.9 Å². The standard InChI is InChI=1S/C18H17N5O4S/c24-15-3-4-16(25)27-18(26-15)11-23(12-5-8-22(18)9-6-12)14-2-1-13(20-21-14)17-19-7-10-28-17/h1-4,7,10,12H,5-6,8-9,11H2. The maximum absolute atomic E-state index is 12.1. The highest BCUT2D eigenvalue weighted by atomic mass is 32.1. The van der Waals surface area contributed by atoms with Gasteiger partial charge in [-0.2, -0.15) is 0 Å². The van der Waals surface area contributed by atoms with Gasteiger partial charge >= 0.3 is 17.8 Å². The lowest BCUT2D eigenvalue weighted by molar-refractivity contribution is -0.274. The van der Waals surface area contributed by atoms with E-state index in [1.807, 2.05) is 27.3 Å². The first-order chi connectivity index (χ1) is 13.6. The molecule has 9 nitrogen and oxygen atoms in total. The zero-order valence-electron chi connectivity index (χ0n) is 14.9. The van der Waals surface area contributed by atoms with Crippen LogP contribution in [0.1, 0.15) is 12.8 Å². The fraction of sp³-hybridized carbons (Fsp3) is 0.389. The summed E-state index contributed by atoms with van der Waals surface area (Å²) < 4.78 is 11.2. The molecule has 0 aliphatic carbocycles. The molecule has 1 spiro atoms. The van der Waals surface area contributed by atoms with Crippen molar-refractivity contribution in [3.63, 3.8) is 0 Å². The van der Waals surface area contributed by atoms with Crippen LogP contribution in [-0.2, 0) is 19.1 Å². The van der Waals surface area contributed by atoms with Crippen molar-refractivity contribution in [1.82, 2.24) is 20.1 Å². The van der Waals surface area contributed by atoms with Gasteiger partial charge in [-0.3, -0.25) is 0 Å². The van der Waals surface area contributed by atoms with Crippen molar-refractivity contribution in [3.8, 4) is 10.7 Å². The molecule has 0 aromatic carbocycles. The highest BCUT2D eigenvalue weighted by molar-refractivity contribution is 7.13. The summed E-state index contributed by atoms with van der Waals surface area (Å²) in [7, 11) is 0. The Bertz CT molecular complexity index is 902. The highest BCUT2D eigenvalue weighted by Crippen LogP contribution is 2.36. The minimum Gasteiger partial charge on any atom is -0.403 e. The molecule has 2 bridgehead atoms. The van der Waals surface area contributed by atoms with E-state index in [1.54, 1.807) is 6.20 Å². The van der Waals surface area contributed by atoms with Gasteiger partial charge in [-0.15, -0.1) is 21.5 Å². The van der Waals surface area contributed by atoms with Crippen molar-refractivity contribution >= 4 is 29.1 Å². The topological polar surface area (TPSA) is 97.8 Å². The minimum atomic E-state index is -1.46. The minimum absolute atomic E-state index is 0.183. The lowest BCUT2D eigenvalue weighted by atomic mass is 10.1. The maximum atomic E-state index is 12.1. The van der Waals surface area contributed by atoms with Crippen LogP contribution in [0.4, 0.5) is 5.82 Å². The number of aromatic nitrogens is 3. The molecule has 2 aromatic heterocycles. The van der Waals surface area contributed by atoms with Crippen LogP contribution in [0.3, 0.4) is 0 Å². The number of thiazole rings is 1. The van der Waals surface area contributed by atoms with Gasteiger partial charge < -0.3 is 14.4 Å². The second-order valence-electron chi connectivity index (χ2n) is 6.85. The van der Waals surface area contributed by atoms with E-state index < -0.39 is 17.8 Å². The number of piperidine rings is 1. The fourth-order valence-corrected chi connectivity index (χ4v) is 4.51. The van der Waals surface area contributed by atoms with Crippen molar-refractivity contribution in [3.05, 3.63) is 35.9 Å². The van der Waals surface area contributed by atoms with Crippen molar-refractivity contribution < 1.29 is 19.1 Å². The molecule has 6 rings (SSSR count). The second kappa shape index (κ2) is 6.64. The average Bonchev–Trinajstić information content (AvgIpc) is 3.11. The highest BCUT2D eigenvalue weighted by Gasteiger charge is 2.52. The van der Waals surface area contributed by atoms with E-state index in [2.05, 4.69) is 15.2 Å². The van der Waals surface area contributed by atoms with Crippen molar-refractivity contribution in [1.29, 1.82) is 0 Å². The zero-order chi connectivity index (χ0) is 19.1. The van der Waals surface area contributed by atoms with Gasteiger partial charge in [0.05, 0.1) is 0 Å². The van der Waals surface area contributed by atoms with Gasteiger partial charge in [-0.1, -0.05) is 0 Å². The second-order valence-corrected chi connectivity index (χ2v) is 7.74. The Kier molecular flexibility index (Phi) is 4.09. The Morgan fingerprint density at radius 2 is 1.82 bits per heavy atom. The Labute approximate surface area is 164 Å². The molecular weight excluding hydrogens is 382 g/mol. The van der Waals surface area contributed by atoms with Gasteiger partial charge in [-0.05, 0) is 25.0 Å². The summed E-state index contributed by atoms with van der Waals surface area (Å²) >= 11 is 1.50. The summed E-state index contributed by atoms with van der Waals surface area (Å²) in [5.41, 5.74) is 0.702. The summed E-state index contributed by atoms with van der Waals surface area (Å²) in [5, 5.41) is 11.4. The average molecular weight is 399 g/mol. The first-order valence-corrected chi connectivity index (χ1v) is 9.90. The molecule has 0 unspecified atom stereocenters. The number of esters is 2. The predicted molar refractivity (Wildman–Crippen MR) is 99.1 cm³/mol. The number of anilines is 1. The third-order valence-corrected chi connectivity index (χ3v) is 6.02. The Balaban J connectivity index is 1.49. The van der Waals surface area contributed by atoms with Crippen LogP contribution in [-0.4, -0.2) is 63.6 Å². The van der Waals surface area contributed by atoms with E-state index in [1.165, 1.54) is 11.3 Å². The zero-order valence-corrected chi connectivity index (χ0v) is 15.7. The van der Waals surface area contributed by atoms with Crippen molar-refractivity contribution in [2.24, 2.45) is 0 Å². The fourth-order valence-electron chi connectivity index (χ4n) is 3.91. The van der Waals surface area contributed by atoms with Gasteiger partial charge in [-0.25, -0.2) is 19.5 Å². The third kappa shape index (κ3) is 2.94. The monoisotopic (exact) mass is 399 g/mol. The number of hydrogen-bond donors (Lipinski definition) is 0. The largest absolute Gasteiger partial charge is 0.403 e. The summed E-state index contributed by atoms with van der Waals surface area (Å²) in [6.45, 7) is 1.50. The molecule has 28 heavy (non-hydrogen) atoms. The summed E-state index contributed by atoms with van der Waals surface area (Å²) in [6, 6.07) is 3.95. The van der Waals surface area contributed by atoms with E-state index >= 15 is 0 Å². The normalized spacial score (nSPS) is 25.9. The molecule has 0 saturated carbocycles. The summed E-state index contributed by atoms with van der Waals surface area (Å²) in [6.07, 6.45) is 5.62. The van der Waals surface area contributed by atoms with E-state index in [9.17, 15) is 9.59 Å². The van der Waals surface area contributed by atoms with Crippen LogP contribution < -0.4 is 4.90 Å². The number of hydrogen-bond acceptors (Lipinski definition) is 10. The molecule has 0 radical (unpaired) electrons. The molecule has 3 saturated heterocycles. The molecule has 4 aliphatic heterocycles. The first kappa shape index (κ1) is 17.3. The third-order valence-electron chi connectivity index (χ3n) is 5.23. The van der Waals surface area contributed by atoms with E-state index in [-0.39, 0.29) is 12.6 Å². The van der Waals surface area contributed by atoms with E-state index in [4.69, 9.17) is 9.47 Å². The number of carbonyl (C=O) groups excluding carboxylic acids is 2. The van der Waals surface area contributed by atoms with Gasteiger partial charge in [0.25, 0.3) is 0 Å². The molecular formula is C18H17N5O4S. The quantitative estimate of drug-likeness (QED) is 0.690. The number of fused-ring (bicyclic) bond motifs is 3. The van der Waals surface area contributed by atoms with Crippen LogP contribution in [0, 0.1) is 0 Å². The SMILES string of the molecule is O=C1C=CC(=O)OC2(CN(c3ccc(-c4nccs4)nn3)C3CCN2CC3)O1. The summed E-state index contributed by atoms with van der Waals surface area (Å²) in [5.74, 6) is -2.00. The maximum Gasteiger partial charge on any atom is 0.339 e. The van der Waals surface area contributed by atoms with Gasteiger partial charge in [0.15, 0.2) is 5.82 Å². The lowest BCUT2D eigenvalue weighted by Crippen LogP contribution is -2.58. The van der Waals surface area contributed by atoms with Crippen molar-refractivity contribution in [2.75, 3.05) is 24.5 Å². The molecule has 0 atom stereocenters. The van der Waals surface area contributed by atoms with Crippen LogP contribution in [0.5, 0.6) is 0 Å². The Morgan fingerprint density at radius 1 is 1.07 bits per heavy atom. The predicted octanol–water partition coefficient (Wildman–Crippen LogP) is 1.19. The molecule has 3 fully saturated rings. The molecule has 0 amide bonds. The van der Waals surface area contributed by atoms with E-state index in [0.29, 0.717) is 24.6 Å². The van der Waals surface area contributed by atoms with Gasteiger partial charge in [0.2, 0.25) is 0 Å².